The van der Waals surface area contributed by atoms with E-state index in [0.717, 1.165) is 11.3 Å². The Hall–Kier alpha value is -8.10. The molecule has 0 aliphatic rings. The third-order valence-corrected chi connectivity index (χ3v) is 24.0. The Morgan fingerprint density at radius 1 is 0.196 bits per heavy atom. The van der Waals surface area contributed by atoms with Gasteiger partial charge in [-0.05, 0) is 107 Å². The quantitative estimate of drug-likeness (QED) is 0.0498. The Morgan fingerprint density at radius 2 is 0.337 bits per heavy atom. The SMILES string of the molecule is C.Clc1cc(-c2ccccc2)nc(Cl)n1.[Pd].c1ccc(P(c2ccccc2)c2ccccc2)cc1.c1ccc(P(c2ccccc2)c2ccccc2)cc1.c1ccc(P(c2ccccc2)c2ccccc2)cc1.c1ccc(P(c2ccccc2)c2ccccc2)cc1. The molecule has 9 heteroatoms. The van der Waals surface area contributed by atoms with Crippen molar-refractivity contribution in [2.24, 2.45) is 0 Å². The van der Waals surface area contributed by atoms with Crippen LogP contribution in [0.15, 0.2) is 400 Å². The summed E-state index contributed by atoms with van der Waals surface area (Å²) >= 11 is 11.5. The topological polar surface area (TPSA) is 25.8 Å². The summed E-state index contributed by atoms with van der Waals surface area (Å²) in [5.74, 6) is 0. The van der Waals surface area contributed by atoms with Crippen LogP contribution in [-0.4, -0.2) is 9.97 Å². The van der Waals surface area contributed by atoms with Crippen LogP contribution >= 0.6 is 54.9 Å². The second-order valence-electron chi connectivity index (χ2n) is 20.1. The fourth-order valence-corrected chi connectivity index (χ4v) is 19.5. The van der Waals surface area contributed by atoms with Crippen LogP contribution in [0.1, 0.15) is 7.43 Å². The molecule has 13 aromatic carbocycles. The smallest absolute Gasteiger partial charge is 0.218 e. The summed E-state index contributed by atoms with van der Waals surface area (Å²) < 4.78 is 0. The molecule has 456 valence electrons. The monoisotopic (exact) mass is 1390 g/mol. The summed E-state index contributed by atoms with van der Waals surface area (Å²) in [4.78, 5) is 7.85. The minimum Gasteiger partial charge on any atom is -0.218 e. The van der Waals surface area contributed by atoms with Crippen molar-refractivity contribution in [3.05, 3.63) is 411 Å². The summed E-state index contributed by atoms with van der Waals surface area (Å²) in [6.45, 7) is 0. The molecule has 2 nitrogen and oxygen atoms in total. The summed E-state index contributed by atoms with van der Waals surface area (Å²) in [6.07, 6.45) is 0. The largest absolute Gasteiger partial charge is 0.224 e. The number of halogens is 2. The molecule has 0 aliphatic heterocycles. The Morgan fingerprint density at radius 3 is 0.478 bits per heavy atom. The molecule has 0 N–H and O–H groups in total. The van der Waals surface area contributed by atoms with Gasteiger partial charge in [-0.25, -0.2) is 9.97 Å². The first-order chi connectivity index (χ1) is 44.6. The first-order valence-corrected chi connectivity index (χ1v) is 35.7. The zero-order chi connectivity index (χ0) is 61.6. The van der Waals surface area contributed by atoms with Crippen molar-refractivity contribution in [1.82, 2.24) is 9.97 Å². The van der Waals surface area contributed by atoms with Gasteiger partial charge in [0, 0.05) is 32.1 Å². The van der Waals surface area contributed by atoms with E-state index in [0.29, 0.717) is 5.15 Å². The molecule has 0 saturated carbocycles. The van der Waals surface area contributed by atoms with Gasteiger partial charge in [-0.2, -0.15) is 0 Å². The first-order valence-electron chi connectivity index (χ1n) is 29.6. The van der Waals surface area contributed by atoms with Crippen molar-refractivity contribution < 1.29 is 20.4 Å². The summed E-state index contributed by atoms with van der Waals surface area (Å²) in [7, 11) is -1.78. The molecule has 14 aromatic rings. The van der Waals surface area contributed by atoms with Gasteiger partial charge in [0.15, 0.2) is 0 Å². The molecule has 0 saturated heterocycles. The Kier molecular flexibility index (Phi) is 29.3. The third kappa shape index (κ3) is 21.0. The van der Waals surface area contributed by atoms with E-state index in [9.17, 15) is 0 Å². The van der Waals surface area contributed by atoms with E-state index in [2.05, 4.69) is 374 Å². The van der Waals surface area contributed by atoms with Gasteiger partial charge in [0.2, 0.25) is 5.28 Å². The van der Waals surface area contributed by atoms with Crippen LogP contribution in [0.2, 0.25) is 10.4 Å². The van der Waals surface area contributed by atoms with Gasteiger partial charge in [-0.3, -0.25) is 0 Å². The van der Waals surface area contributed by atoms with Crippen LogP contribution in [0.25, 0.3) is 11.3 Å². The fourth-order valence-electron chi connectivity index (χ4n) is 9.86. The Bertz CT molecular complexity index is 3360. The summed E-state index contributed by atoms with van der Waals surface area (Å²) in [5.41, 5.74) is 1.70. The maximum Gasteiger partial charge on any atom is 0.224 e. The van der Waals surface area contributed by atoms with E-state index in [-0.39, 0.29) is 33.1 Å². The van der Waals surface area contributed by atoms with E-state index in [1.807, 2.05) is 30.3 Å². The predicted octanol–water partition coefficient (Wildman–Crippen LogP) is 17.9. The second kappa shape index (κ2) is 38.7. The molecule has 0 aliphatic carbocycles. The van der Waals surface area contributed by atoms with Gasteiger partial charge < -0.3 is 0 Å². The minimum absolute atomic E-state index is 0. The van der Waals surface area contributed by atoms with Crippen molar-refractivity contribution in [2.75, 3.05) is 0 Å². The molecule has 0 spiro atoms. The maximum absolute atomic E-state index is 5.76. The number of benzene rings is 13. The van der Waals surface area contributed by atoms with Crippen molar-refractivity contribution in [1.29, 1.82) is 0 Å². The van der Waals surface area contributed by atoms with Gasteiger partial charge in [-0.1, -0.05) is 413 Å². The summed E-state index contributed by atoms with van der Waals surface area (Å²) in [5, 5.41) is 17.3. The number of rotatable bonds is 13. The average molecular weight is 1400 g/mol. The molecule has 14 rings (SSSR count). The van der Waals surface area contributed by atoms with Gasteiger partial charge in [0.25, 0.3) is 0 Å². The molecular formula is C83H70Cl2N2P4Pd. The zero-order valence-electron chi connectivity index (χ0n) is 49.9. The van der Waals surface area contributed by atoms with E-state index in [4.69, 9.17) is 23.2 Å². The number of aromatic nitrogens is 2. The standard InChI is InChI=1S/4C18H15P.C10H6Cl2N2.CH4.Pd/c4*1-4-10-16(11-5-1)19(17-12-6-2-7-13-17)18-14-8-3-9-15-18;11-9-6-8(13-10(12)14-9)7-4-2-1-3-5-7;;/h4*1-15H;1-6H;1H4;. The fraction of sp³-hybridized carbons (Fsp3) is 0.0120. The Balaban J connectivity index is 0.000000148. The van der Waals surface area contributed by atoms with E-state index < -0.39 is 31.7 Å². The number of hydrogen-bond acceptors (Lipinski definition) is 2. The van der Waals surface area contributed by atoms with Crippen molar-refractivity contribution in [3.63, 3.8) is 0 Å². The van der Waals surface area contributed by atoms with Crippen LogP contribution in [0.4, 0.5) is 0 Å². The predicted molar refractivity (Wildman–Crippen MR) is 405 cm³/mol. The molecule has 1 aromatic heterocycles. The van der Waals surface area contributed by atoms with Crippen LogP contribution in [0.5, 0.6) is 0 Å². The molecule has 92 heavy (non-hydrogen) atoms. The van der Waals surface area contributed by atoms with Crippen LogP contribution in [0.3, 0.4) is 0 Å². The van der Waals surface area contributed by atoms with Crippen LogP contribution < -0.4 is 63.7 Å². The van der Waals surface area contributed by atoms with Gasteiger partial charge in [-0.15, -0.1) is 0 Å². The molecule has 1 heterocycles. The second-order valence-corrected chi connectivity index (χ2v) is 29.7. The maximum atomic E-state index is 5.76. The average Bonchev–Trinajstić information content (AvgIpc) is 2.29. The number of nitrogens with zero attached hydrogens (tertiary/aromatic N) is 2. The van der Waals surface area contributed by atoms with E-state index >= 15 is 0 Å². The molecule has 0 fully saturated rings. The Labute approximate surface area is 573 Å². The third-order valence-electron chi connectivity index (χ3n) is 13.9. The molecule has 0 atom stereocenters. The normalized spacial score (nSPS) is 10.3. The number of hydrogen-bond donors (Lipinski definition) is 0. The van der Waals surface area contributed by atoms with Gasteiger partial charge in [0.05, 0.1) is 5.69 Å². The van der Waals surface area contributed by atoms with Crippen molar-refractivity contribution in [2.45, 2.75) is 7.43 Å². The van der Waals surface area contributed by atoms with Crippen LogP contribution in [0, 0.1) is 0 Å². The molecule has 0 unspecified atom stereocenters. The molecule has 0 bridgehead atoms. The van der Waals surface area contributed by atoms with E-state index in [1.165, 1.54) is 63.7 Å². The van der Waals surface area contributed by atoms with Crippen molar-refractivity contribution in [3.8, 4) is 11.3 Å². The molecule has 0 amide bonds. The van der Waals surface area contributed by atoms with Crippen molar-refractivity contribution >= 4 is 119 Å². The first kappa shape index (κ1) is 69.8. The summed E-state index contributed by atoms with van der Waals surface area (Å²) in [6, 6.07) is 141. The van der Waals surface area contributed by atoms with Gasteiger partial charge >= 0.3 is 0 Å². The van der Waals surface area contributed by atoms with Crippen LogP contribution in [-0.2, 0) is 20.4 Å². The minimum atomic E-state index is -0.446. The molecule has 0 radical (unpaired) electrons. The zero-order valence-corrected chi connectivity index (χ0v) is 56.5. The molecular weight excluding hydrogens is 1330 g/mol. The van der Waals surface area contributed by atoms with Gasteiger partial charge in [0.1, 0.15) is 5.15 Å². The van der Waals surface area contributed by atoms with E-state index in [1.54, 1.807) is 6.07 Å².